The van der Waals surface area contributed by atoms with Crippen LogP contribution in [0.25, 0.3) is 22.8 Å². The van der Waals surface area contributed by atoms with E-state index in [0.717, 1.165) is 22.3 Å². The van der Waals surface area contributed by atoms with Crippen LogP contribution < -0.4 is 4.74 Å². The van der Waals surface area contributed by atoms with Crippen LogP contribution in [0.5, 0.6) is 5.75 Å². The molecular formula is C20H18FN5O2S. The van der Waals surface area contributed by atoms with Crippen molar-refractivity contribution >= 4 is 11.8 Å². The zero-order valence-corrected chi connectivity index (χ0v) is 16.9. The van der Waals surface area contributed by atoms with E-state index in [1.54, 1.807) is 19.2 Å². The number of halogens is 1. The van der Waals surface area contributed by atoms with Gasteiger partial charge in [-0.05, 0) is 55.5 Å². The number of thioether (sulfide) groups is 1. The first kappa shape index (κ1) is 19.1. The standard InChI is InChI=1S/C20H18FN5O2S/c1-12(18-23-24-19(28-18)14-4-8-15(21)9-5-14)29-20-25-22-17(26(20)2)13-6-10-16(27-3)11-7-13/h4-12H,1-3H3/t12-/m0/s1. The van der Waals surface area contributed by atoms with Crippen molar-refractivity contribution in [2.45, 2.75) is 17.3 Å². The molecule has 4 rings (SSSR count). The third-order valence-electron chi connectivity index (χ3n) is 4.34. The van der Waals surface area contributed by atoms with Crippen LogP contribution in [0.2, 0.25) is 0 Å². The Morgan fingerprint density at radius 2 is 1.66 bits per heavy atom. The van der Waals surface area contributed by atoms with Crippen LogP contribution in [0.1, 0.15) is 18.1 Å². The van der Waals surface area contributed by atoms with Gasteiger partial charge in [-0.1, -0.05) is 11.8 Å². The van der Waals surface area contributed by atoms with Crippen LogP contribution in [0.3, 0.4) is 0 Å². The number of hydrogen-bond donors (Lipinski definition) is 0. The summed E-state index contributed by atoms with van der Waals surface area (Å²) in [5, 5.41) is 17.4. The Morgan fingerprint density at radius 1 is 0.966 bits per heavy atom. The molecule has 0 aliphatic rings. The van der Waals surface area contributed by atoms with E-state index in [9.17, 15) is 4.39 Å². The van der Waals surface area contributed by atoms with Gasteiger partial charge in [-0.2, -0.15) is 0 Å². The van der Waals surface area contributed by atoms with E-state index in [1.165, 1.54) is 23.9 Å². The van der Waals surface area contributed by atoms with Crippen LogP contribution >= 0.6 is 11.8 Å². The monoisotopic (exact) mass is 411 g/mol. The zero-order valence-electron chi connectivity index (χ0n) is 16.0. The summed E-state index contributed by atoms with van der Waals surface area (Å²) in [6, 6.07) is 13.6. The van der Waals surface area contributed by atoms with Gasteiger partial charge in [-0.3, -0.25) is 0 Å². The number of aromatic nitrogens is 5. The van der Waals surface area contributed by atoms with Crippen molar-refractivity contribution in [3.05, 3.63) is 60.2 Å². The van der Waals surface area contributed by atoms with Crippen molar-refractivity contribution in [2.75, 3.05) is 7.11 Å². The summed E-state index contributed by atoms with van der Waals surface area (Å²) in [5.41, 5.74) is 1.61. The van der Waals surface area contributed by atoms with Crippen molar-refractivity contribution in [1.82, 2.24) is 25.0 Å². The van der Waals surface area contributed by atoms with Crippen LogP contribution in [0.4, 0.5) is 4.39 Å². The van der Waals surface area contributed by atoms with Gasteiger partial charge in [0, 0.05) is 18.2 Å². The summed E-state index contributed by atoms with van der Waals surface area (Å²) in [6.45, 7) is 1.95. The van der Waals surface area contributed by atoms with E-state index in [-0.39, 0.29) is 11.1 Å². The van der Waals surface area contributed by atoms with Gasteiger partial charge in [-0.25, -0.2) is 4.39 Å². The number of methoxy groups -OCH3 is 1. The molecule has 4 aromatic rings. The molecule has 1 atom stereocenters. The fourth-order valence-corrected chi connectivity index (χ4v) is 3.57. The second-order valence-electron chi connectivity index (χ2n) is 6.31. The molecule has 2 heterocycles. The molecule has 0 amide bonds. The number of benzene rings is 2. The number of rotatable bonds is 6. The summed E-state index contributed by atoms with van der Waals surface area (Å²) >= 11 is 1.47. The lowest BCUT2D eigenvalue weighted by Crippen LogP contribution is -1.97. The zero-order chi connectivity index (χ0) is 20.4. The summed E-state index contributed by atoms with van der Waals surface area (Å²) in [4.78, 5) is 0. The molecule has 0 saturated heterocycles. The summed E-state index contributed by atoms with van der Waals surface area (Å²) in [7, 11) is 3.54. The van der Waals surface area contributed by atoms with E-state index in [1.807, 2.05) is 42.8 Å². The van der Waals surface area contributed by atoms with E-state index in [0.29, 0.717) is 17.3 Å². The Labute approximate surface area is 170 Å². The highest BCUT2D eigenvalue weighted by molar-refractivity contribution is 7.99. The smallest absolute Gasteiger partial charge is 0.247 e. The maximum Gasteiger partial charge on any atom is 0.247 e. The third kappa shape index (κ3) is 4.00. The highest BCUT2D eigenvalue weighted by atomic mass is 32.2. The van der Waals surface area contributed by atoms with Crippen molar-refractivity contribution in [1.29, 1.82) is 0 Å². The molecule has 9 heteroatoms. The van der Waals surface area contributed by atoms with Gasteiger partial charge in [0.25, 0.3) is 0 Å². The van der Waals surface area contributed by atoms with E-state index >= 15 is 0 Å². The van der Waals surface area contributed by atoms with E-state index in [4.69, 9.17) is 9.15 Å². The average molecular weight is 411 g/mol. The minimum absolute atomic E-state index is 0.136. The highest BCUT2D eigenvalue weighted by Crippen LogP contribution is 2.35. The first-order valence-electron chi connectivity index (χ1n) is 8.85. The molecule has 148 valence electrons. The van der Waals surface area contributed by atoms with Gasteiger partial charge in [0.05, 0.1) is 12.4 Å². The van der Waals surface area contributed by atoms with Crippen LogP contribution in [-0.2, 0) is 7.05 Å². The third-order valence-corrected chi connectivity index (χ3v) is 5.47. The molecule has 0 aliphatic carbocycles. The van der Waals surface area contributed by atoms with Gasteiger partial charge >= 0.3 is 0 Å². The molecule has 0 saturated carbocycles. The topological polar surface area (TPSA) is 78.9 Å². The van der Waals surface area contributed by atoms with Crippen LogP contribution in [0.15, 0.2) is 58.1 Å². The Morgan fingerprint density at radius 3 is 2.34 bits per heavy atom. The van der Waals surface area contributed by atoms with Gasteiger partial charge in [0.1, 0.15) is 11.6 Å². The quantitative estimate of drug-likeness (QED) is 0.431. The van der Waals surface area contributed by atoms with Crippen molar-refractivity contribution in [3.8, 4) is 28.6 Å². The van der Waals surface area contributed by atoms with Gasteiger partial charge in [-0.15, -0.1) is 20.4 Å². The fraction of sp³-hybridized carbons (Fsp3) is 0.200. The fourth-order valence-electron chi connectivity index (χ4n) is 2.73. The maximum atomic E-state index is 13.1. The lowest BCUT2D eigenvalue weighted by Gasteiger charge is -2.07. The molecule has 0 N–H and O–H groups in total. The molecule has 0 fully saturated rings. The van der Waals surface area contributed by atoms with Gasteiger partial charge < -0.3 is 13.7 Å². The van der Waals surface area contributed by atoms with Crippen molar-refractivity contribution in [2.24, 2.45) is 7.05 Å². The molecule has 2 aromatic heterocycles. The molecule has 2 aromatic carbocycles. The summed E-state index contributed by atoms with van der Waals surface area (Å²) < 4.78 is 26.0. The SMILES string of the molecule is COc1ccc(-c2nnc(S[C@@H](C)c3nnc(-c4ccc(F)cc4)o3)n2C)cc1. The first-order chi connectivity index (χ1) is 14.0. The Bertz CT molecular complexity index is 1110. The molecule has 29 heavy (non-hydrogen) atoms. The molecular weight excluding hydrogens is 393 g/mol. The molecule has 7 nitrogen and oxygen atoms in total. The molecule has 0 aliphatic heterocycles. The maximum absolute atomic E-state index is 13.1. The minimum Gasteiger partial charge on any atom is -0.497 e. The second kappa shape index (κ2) is 8.04. The molecule has 0 spiro atoms. The summed E-state index contributed by atoms with van der Waals surface area (Å²) in [5.74, 6) is 2.03. The Balaban J connectivity index is 1.51. The normalized spacial score (nSPS) is 12.1. The number of ether oxygens (including phenoxy) is 1. The first-order valence-corrected chi connectivity index (χ1v) is 9.73. The lowest BCUT2D eigenvalue weighted by atomic mass is 10.2. The number of nitrogens with zero attached hydrogens (tertiary/aromatic N) is 5. The lowest BCUT2D eigenvalue weighted by molar-refractivity contribution is 0.415. The number of hydrogen-bond acceptors (Lipinski definition) is 7. The van der Waals surface area contributed by atoms with Crippen LogP contribution in [0, 0.1) is 5.82 Å². The van der Waals surface area contributed by atoms with Gasteiger partial charge in [0.2, 0.25) is 11.8 Å². The van der Waals surface area contributed by atoms with Crippen molar-refractivity contribution < 1.29 is 13.5 Å². The summed E-state index contributed by atoms with van der Waals surface area (Å²) in [6.07, 6.45) is 0. The molecule has 0 bridgehead atoms. The average Bonchev–Trinajstić information content (AvgIpc) is 3.37. The predicted molar refractivity (Wildman–Crippen MR) is 107 cm³/mol. The minimum atomic E-state index is -0.313. The second-order valence-corrected chi connectivity index (χ2v) is 7.61. The van der Waals surface area contributed by atoms with Crippen molar-refractivity contribution in [3.63, 3.8) is 0 Å². The molecule has 0 unspecified atom stereocenters. The highest BCUT2D eigenvalue weighted by Gasteiger charge is 2.20. The van der Waals surface area contributed by atoms with E-state index < -0.39 is 0 Å². The predicted octanol–water partition coefficient (Wildman–Crippen LogP) is 4.53. The van der Waals surface area contributed by atoms with Gasteiger partial charge in [0.15, 0.2) is 11.0 Å². The van der Waals surface area contributed by atoms with E-state index in [2.05, 4.69) is 20.4 Å². The Kier molecular flexibility index (Phi) is 5.30. The van der Waals surface area contributed by atoms with Crippen LogP contribution in [-0.4, -0.2) is 32.1 Å². The molecule has 0 radical (unpaired) electrons. The largest absolute Gasteiger partial charge is 0.497 e. The Hall–Kier alpha value is -3.20.